The van der Waals surface area contributed by atoms with E-state index in [4.69, 9.17) is 4.74 Å². The van der Waals surface area contributed by atoms with Crippen molar-refractivity contribution in [1.82, 2.24) is 9.97 Å². The molecule has 4 nitrogen and oxygen atoms in total. The molecule has 2 aliphatic rings. The maximum absolute atomic E-state index is 9.17. The molecule has 0 atom stereocenters. The van der Waals surface area contributed by atoms with E-state index in [1.807, 2.05) is 6.20 Å². The molecule has 1 aromatic heterocycles. The Balaban J connectivity index is 1.85. The van der Waals surface area contributed by atoms with Crippen molar-refractivity contribution in [3.05, 3.63) is 17.7 Å². The molecule has 0 bridgehead atoms. The molecule has 4 heteroatoms. The van der Waals surface area contributed by atoms with Crippen molar-refractivity contribution in [2.24, 2.45) is 0 Å². The van der Waals surface area contributed by atoms with Crippen molar-refractivity contribution in [3.63, 3.8) is 0 Å². The molecule has 1 aromatic rings. The fourth-order valence-corrected chi connectivity index (χ4v) is 2.58. The van der Waals surface area contributed by atoms with E-state index < -0.39 is 5.41 Å². The van der Waals surface area contributed by atoms with Crippen molar-refractivity contribution >= 4 is 0 Å². The van der Waals surface area contributed by atoms with Gasteiger partial charge in [-0.2, -0.15) is 5.26 Å². The minimum atomic E-state index is -0.503. The number of aromatic nitrogens is 2. The van der Waals surface area contributed by atoms with Gasteiger partial charge in [-0.1, -0.05) is 12.8 Å². The Morgan fingerprint density at radius 2 is 2.19 bits per heavy atom. The Labute approximate surface area is 94.6 Å². The van der Waals surface area contributed by atoms with E-state index in [9.17, 15) is 5.26 Å². The van der Waals surface area contributed by atoms with Crippen LogP contribution in [0.4, 0.5) is 0 Å². The molecule has 0 spiro atoms. The van der Waals surface area contributed by atoms with E-state index in [2.05, 4.69) is 16.0 Å². The second-order valence-electron chi connectivity index (χ2n) is 4.86. The summed E-state index contributed by atoms with van der Waals surface area (Å²) in [6.07, 6.45) is 7.02. The number of aromatic amines is 1. The van der Waals surface area contributed by atoms with Gasteiger partial charge in [-0.25, -0.2) is 4.98 Å². The normalized spacial score (nSPS) is 23.9. The van der Waals surface area contributed by atoms with E-state index in [0.29, 0.717) is 19.1 Å². The van der Waals surface area contributed by atoms with Crippen LogP contribution in [0.15, 0.2) is 6.20 Å². The first-order chi connectivity index (χ1) is 7.84. The van der Waals surface area contributed by atoms with Gasteiger partial charge in [0.15, 0.2) is 5.41 Å². The zero-order valence-corrected chi connectivity index (χ0v) is 9.20. The molecule has 1 aliphatic heterocycles. The lowest BCUT2D eigenvalue weighted by atomic mass is 9.87. The topological polar surface area (TPSA) is 61.7 Å². The number of ether oxygens (including phenoxy) is 1. The third-order valence-electron chi connectivity index (χ3n) is 3.75. The Morgan fingerprint density at radius 1 is 1.44 bits per heavy atom. The molecule has 84 valence electrons. The molecule has 1 aliphatic carbocycles. The largest absolute Gasteiger partial charge is 0.377 e. The van der Waals surface area contributed by atoms with Gasteiger partial charge in [0.25, 0.3) is 0 Å². The summed E-state index contributed by atoms with van der Waals surface area (Å²) < 4.78 is 5.14. The van der Waals surface area contributed by atoms with Crippen LogP contribution in [0.3, 0.4) is 0 Å². The van der Waals surface area contributed by atoms with Crippen LogP contribution in [0.5, 0.6) is 0 Å². The zero-order chi connectivity index (χ0) is 11.0. The summed E-state index contributed by atoms with van der Waals surface area (Å²) in [5.74, 6) is 1.42. The third-order valence-corrected chi connectivity index (χ3v) is 3.75. The number of H-pyrrole nitrogens is 1. The van der Waals surface area contributed by atoms with Crippen molar-refractivity contribution in [2.75, 3.05) is 13.2 Å². The summed E-state index contributed by atoms with van der Waals surface area (Å²) in [7, 11) is 0. The van der Waals surface area contributed by atoms with Crippen molar-refractivity contribution < 1.29 is 4.74 Å². The minimum Gasteiger partial charge on any atom is -0.377 e. The van der Waals surface area contributed by atoms with Gasteiger partial charge in [0.05, 0.1) is 19.3 Å². The maximum Gasteiger partial charge on any atom is 0.161 e. The lowest BCUT2D eigenvalue weighted by Gasteiger charge is -2.32. The van der Waals surface area contributed by atoms with E-state index >= 15 is 0 Å². The van der Waals surface area contributed by atoms with Gasteiger partial charge in [-0.05, 0) is 12.8 Å². The molecule has 16 heavy (non-hydrogen) atoms. The molecular formula is C12H15N3O. The highest BCUT2D eigenvalue weighted by atomic mass is 16.5. The average molecular weight is 217 g/mol. The molecule has 2 heterocycles. The van der Waals surface area contributed by atoms with E-state index in [0.717, 1.165) is 5.82 Å². The van der Waals surface area contributed by atoms with Crippen molar-refractivity contribution in [3.8, 4) is 6.07 Å². The molecule has 1 saturated heterocycles. The summed E-state index contributed by atoms with van der Waals surface area (Å²) >= 11 is 0. The molecule has 3 rings (SSSR count). The Morgan fingerprint density at radius 3 is 2.75 bits per heavy atom. The summed E-state index contributed by atoms with van der Waals surface area (Å²) in [4.78, 5) is 7.70. The first-order valence-electron chi connectivity index (χ1n) is 5.88. The van der Waals surface area contributed by atoms with Gasteiger partial charge in [0, 0.05) is 17.8 Å². The minimum absolute atomic E-state index is 0.473. The molecule has 1 saturated carbocycles. The van der Waals surface area contributed by atoms with E-state index in [1.54, 1.807) is 0 Å². The average Bonchev–Trinajstić information content (AvgIpc) is 2.86. The van der Waals surface area contributed by atoms with Crippen LogP contribution in [0, 0.1) is 11.3 Å². The number of nitrogens with zero attached hydrogens (tertiary/aromatic N) is 2. The molecule has 0 amide bonds. The predicted octanol–water partition coefficient (Wildman–Crippen LogP) is 1.86. The lowest BCUT2D eigenvalue weighted by Crippen LogP contribution is -2.46. The predicted molar refractivity (Wildman–Crippen MR) is 57.9 cm³/mol. The highest BCUT2D eigenvalue weighted by molar-refractivity contribution is 5.26. The molecule has 0 aromatic carbocycles. The first kappa shape index (κ1) is 9.86. The summed E-state index contributed by atoms with van der Waals surface area (Å²) in [6, 6.07) is 2.32. The van der Waals surface area contributed by atoms with Crippen LogP contribution in [0.25, 0.3) is 0 Å². The smallest absolute Gasteiger partial charge is 0.161 e. The van der Waals surface area contributed by atoms with Gasteiger partial charge in [0.1, 0.15) is 5.82 Å². The zero-order valence-electron chi connectivity index (χ0n) is 9.20. The van der Waals surface area contributed by atoms with Crippen molar-refractivity contribution in [2.45, 2.75) is 37.0 Å². The van der Waals surface area contributed by atoms with Gasteiger partial charge >= 0.3 is 0 Å². The van der Waals surface area contributed by atoms with Crippen LogP contribution >= 0.6 is 0 Å². The Hall–Kier alpha value is -1.34. The second kappa shape index (κ2) is 3.60. The molecule has 2 fully saturated rings. The van der Waals surface area contributed by atoms with Crippen LogP contribution in [0.1, 0.15) is 43.1 Å². The van der Waals surface area contributed by atoms with E-state index in [1.165, 1.54) is 31.4 Å². The molecule has 0 unspecified atom stereocenters. The Bertz CT molecular complexity index is 422. The van der Waals surface area contributed by atoms with Crippen molar-refractivity contribution in [1.29, 1.82) is 5.26 Å². The van der Waals surface area contributed by atoms with Crippen LogP contribution in [-0.2, 0) is 10.2 Å². The first-order valence-corrected chi connectivity index (χ1v) is 5.88. The Kier molecular flexibility index (Phi) is 2.22. The number of nitriles is 1. The summed E-state index contributed by atoms with van der Waals surface area (Å²) in [5, 5.41) is 9.17. The lowest BCUT2D eigenvalue weighted by molar-refractivity contribution is -0.0336. The number of hydrogen-bond acceptors (Lipinski definition) is 3. The molecular weight excluding hydrogens is 202 g/mol. The monoisotopic (exact) mass is 217 g/mol. The SMILES string of the molecule is N#CC1(c2ncc(C3CCCC3)[nH]2)COC1. The highest BCUT2D eigenvalue weighted by Crippen LogP contribution is 2.35. The molecule has 0 radical (unpaired) electrons. The van der Waals surface area contributed by atoms with Gasteiger partial charge in [-0.3, -0.25) is 0 Å². The fourth-order valence-electron chi connectivity index (χ4n) is 2.58. The van der Waals surface area contributed by atoms with Crippen LogP contribution in [-0.4, -0.2) is 23.2 Å². The highest BCUT2D eigenvalue weighted by Gasteiger charge is 2.43. The fraction of sp³-hybridized carbons (Fsp3) is 0.667. The van der Waals surface area contributed by atoms with Gasteiger partial charge in [0.2, 0.25) is 0 Å². The van der Waals surface area contributed by atoms with E-state index in [-0.39, 0.29) is 0 Å². The van der Waals surface area contributed by atoms with Crippen LogP contribution < -0.4 is 0 Å². The summed E-state index contributed by atoms with van der Waals surface area (Å²) in [6.45, 7) is 0.947. The van der Waals surface area contributed by atoms with Crippen LogP contribution in [0.2, 0.25) is 0 Å². The summed E-state index contributed by atoms with van der Waals surface area (Å²) in [5.41, 5.74) is 0.700. The quantitative estimate of drug-likeness (QED) is 0.822. The maximum atomic E-state index is 9.17. The third kappa shape index (κ3) is 1.35. The number of hydrogen-bond donors (Lipinski definition) is 1. The number of nitrogens with one attached hydrogen (secondary N) is 1. The van der Waals surface area contributed by atoms with Gasteiger partial charge < -0.3 is 9.72 Å². The molecule has 1 N–H and O–H groups in total. The standard InChI is InChI=1S/C12H15N3O/c13-6-12(7-16-8-12)11-14-5-10(15-11)9-3-1-2-4-9/h5,9H,1-4,7-8H2,(H,14,15). The second-order valence-corrected chi connectivity index (χ2v) is 4.86. The number of imidazole rings is 1. The number of rotatable bonds is 2. The van der Waals surface area contributed by atoms with Gasteiger partial charge in [-0.15, -0.1) is 0 Å².